The van der Waals surface area contributed by atoms with Gasteiger partial charge in [-0.3, -0.25) is 19.8 Å². The van der Waals surface area contributed by atoms with Gasteiger partial charge in [-0.25, -0.2) is 0 Å². The van der Waals surface area contributed by atoms with Gasteiger partial charge >= 0.3 is 0 Å². The molecule has 1 aliphatic heterocycles. The minimum absolute atomic E-state index is 0.0762. The maximum atomic E-state index is 12.1. The second-order valence-corrected chi connectivity index (χ2v) is 5.59. The van der Waals surface area contributed by atoms with Crippen molar-refractivity contribution in [2.75, 3.05) is 4.90 Å². The molecule has 0 saturated carbocycles. The van der Waals surface area contributed by atoms with E-state index >= 15 is 0 Å². The van der Waals surface area contributed by atoms with Crippen molar-refractivity contribution in [3.05, 3.63) is 63.7 Å². The molecular formula is C16H12ClN5O3. The molecule has 0 saturated heterocycles. The van der Waals surface area contributed by atoms with Crippen LogP contribution in [-0.2, 0) is 4.79 Å². The molecule has 2 aromatic rings. The van der Waals surface area contributed by atoms with E-state index in [1.165, 1.54) is 18.2 Å². The van der Waals surface area contributed by atoms with E-state index in [0.29, 0.717) is 5.84 Å². The number of rotatable bonds is 4. The van der Waals surface area contributed by atoms with Crippen LogP contribution in [0.5, 0.6) is 0 Å². The van der Waals surface area contributed by atoms with E-state index in [-0.39, 0.29) is 16.4 Å². The molecule has 25 heavy (non-hydrogen) atoms. The maximum absolute atomic E-state index is 12.1. The molecule has 0 bridgehead atoms. The number of non-ortho nitro benzene ring substituents is 1. The average Bonchev–Trinajstić information content (AvgIpc) is 2.87. The Labute approximate surface area is 147 Å². The van der Waals surface area contributed by atoms with Crippen molar-refractivity contribution >= 4 is 40.4 Å². The molecule has 1 amide bonds. The van der Waals surface area contributed by atoms with Crippen LogP contribution in [-0.4, -0.2) is 22.8 Å². The van der Waals surface area contributed by atoms with Crippen molar-refractivity contribution < 1.29 is 9.72 Å². The third kappa shape index (κ3) is 3.38. The fraction of sp³-hybridized carbons (Fsp3) is 0.125. The Hall–Kier alpha value is -3.13. The Bertz CT molecular complexity index is 898. The molecule has 1 atom stereocenters. The number of nitro benzene ring substituents is 1. The molecule has 8 nitrogen and oxygen atoms in total. The molecule has 2 aromatic carbocycles. The normalized spacial score (nSPS) is 17.2. The van der Waals surface area contributed by atoms with Crippen molar-refractivity contribution in [2.24, 2.45) is 15.2 Å². The van der Waals surface area contributed by atoms with Gasteiger partial charge in [-0.05, 0) is 25.1 Å². The molecule has 1 aliphatic rings. The monoisotopic (exact) mass is 357 g/mol. The van der Waals surface area contributed by atoms with E-state index in [4.69, 9.17) is 11.6 Å². The Kier molecular flexibility index (Phi) is 4.53. The summed E-state index contributed by atoms with van der Waals surface area (Å²) < 4.78 is 0. The lowest BCUT2D eigenvalue weighted by molar-refractivity contribution is -0.384. The number of para-hydroxylation sites is 1. The Morgan fingerprint density at radius 1 is 1.24 bits per heavy atom. The van der Waals surface area contributed by atoms with E-state index in [9.17, 15) is 14.9 Å². The van der Waals surface area contributed by atoms with Gasteiger partial charge in [0.15, 0.2) is 0 Å². The first-order valence-corrected chi connectivity index (χ1v) is 7.63. The molecule has 9 heteroatoms. The summed E-state index contributed by atoms with van der Waals surface area (Å²) in [5, 5.41) is 18.8. The zero-order valence-electron chi connectivity index (χ0n) is 13.0. The third-order valence-corrected chi connectivity index (χ3v) is 3.84. The smallest absolute Gasteiger partial charge is 0.295 e. The van der Waals surface area contributed by atoms with Crippen LogP contribution >= 0.6 is 11.6 Å². The highest BCUT2D eigenvalue weighted by Gasteiger charge is 2.34. The van der Waals surface area contributed by atoms with Gasteiger partial charge in [0.2, 0.25) is 6.17 Å². The number of nitro groups is 1. The van der Waals surface area contributed by atoms with Crippen LogP contribution in [0.15, 0.2) is 63.8 Å². The highest BCUT2D eigenvalue weighted by Crippen LogP contribution is 2.30. The van der Waals surface area contributed by atoms with Crippen LogP contribution in [0, 0.1) is 10.1 Å². The number of amidine groups is 1. The molecule has 0 aromatic heterocycles. The number of carbonyl (C=O) groups excluding carboxylic acids is 1. The van der Waals surface area contributed by atoms with Gasteiger partial charge in [-0.15, -0.1) is 0 Å². The van der Waals surface area contributed by atoms with Crippen molar-refractivity contribution in [1.82, 2.24) is 0 Å². The van der Waals surface area contributed by atoms with Crippen molar-refractivity contribution in [1.29, 1.82) is 0 Å². The number of aliphatic imine (C=N–C) groups is 1. The highest BCUT2D eigenvalue weighted by atomic mass is 35.5. The molecule has 1 unspecified atom stereocenters. The summed E-state index contributed by atoms with van der Waals surface area (Å²) in [7, 11) is 0. The molecule has 0 aliphatic carbocycles. The summed E-state index contributed by atoms with van der Waals surface area (Å²) in [6, 6.07) is 13.0. The van der Waals surface area contributed by atoms with Crippen molar-refractivity contribution in [3.8, 4) is 0 Å². The molecular weight excluding hydrogens is 346 g/mol. The Morgan fingerprint density at radius 2 is 1.96 bits per heavy atom. The summed E-state index contributed by atoms with van der Waals surface area (Å²) in [5.74, 6) is 0.0677. The number of amides is 1. The third-order valence-electron chi connectivity index (χ3n) is 3.54. The molecule has 0 N–H and O–H groups in total. The van der Waals surface area contributed by atoms with E-state index in [1.807, 2.05) is 30.3 Å². The fourth-order valence-electron chi connectivity index (χ4n) is 2.38. The summed E-state index contributed by atoms with van der Waals surface area (Å²) in [5.41, 5.74) is 0.844. The van der Waals surface area contributed by atoms with Crippen LogP contribution in [0.25, 0.3) is 0 Å². The van der Waals surface area contributed by atoms with Gasteiger partial charge in [0, 0.05) is 17.8 Å². The van der Waals surface area contributed by atoms with Crippen LogP contribution in [0.4, 0.5) is 17.1 Å². The topological polar surface area (TPSA) is 101 Å². The average molecular weight is 358 g/mol. The van der Waals surface area contributed by atoms with Gasteiger partial charge in [0.25, 0.3) is 11.6 Å². The predicted octanol–water partition coefficient (Wildman–Crippen LogP) is 4.12. The SMILES string of the molecule is CC1=NC(=O)C(N=Nc2ccc([N+](=O)[O-])cc2Cl)N1c1ccccc1. The summed E-state index contributed by atoms with van der Waals surface area (Å²) in [4.78, 5) is 27.9. The zero-order chi connectivity index (χ0) is 18.0. The fourth-order valence-corrected chi connectivity index (χ4v) is 2.60. The van der Waals surface area contributed by atoms with Gasteiger partial charge < -0.3 is 0 Å². The number of halogens is 1. The van der Waals surface area contributed by atoms with E-state index < -0.39 is 17.0 Å². The lowest BCUT2D eigenvalue weighted by Crippen LogP contribution is -2.35. The maximum Gasteiger partial charge on any atom is 0.295 e. The van der Waals surface area contributed by atoms with Crippen LogP contribution < -0.4 is 4.90 Å². The number of hydrogen-bond acceptors (Lipinski definition) is 6. The zero-order valence-corrected chi connectivity index (χ0v) is 13.8. The Balaban J connectivity index is 1.89. The predicted molar refractivity (Wildman–Crippen MR) is 93.4 cm³/mol. The molecule has 126 valence electrons. The number of benzene rings is 2. The standard InChI is InChI=1S/C16H12ClN5O3/c1-10-18-16(23)15(21(10)11-5-3-2-4-6-11)20-19-14-8-7-12(22(24)25)9-13(14)17/h2-9,15H,1H3. The summed E-state index contributed by atoms with van der Waals surface area (Å²) >= 11 is 5.99. The van der Waals surface area contributed by atoms with Gasteiger partial charge in [-0.1, -0.05) is 29.8 Å². The van der Waals surface area contributed by atoms with Gasteiger partial charge in [-0.2, -0.15) is 15.2 Å². The van der Waals surface area contributed by atoms with E-state index in [1.54, 1.807) is 11.8 Å². The quantitative estimate of drug-likeness (QED) is 0.466. The van der Waals surface area contributed by atoms with Crippen LogP contribution in [0.3, 0.4) is 0 Å². The minimum atomic E-state index is -0.936. The largest absolute Gasteiger partial charge is 0.297 e. The first-order valence-electron chi connectivity index (χ1n) is 7.25. The Morgan fingerprint density at radius 3 is 2.60 bits per heavy atom. The number of nitrogens with zero attached hydrogens (tertiary/aromatic N) is 5. The lowest BCUT2D eigenvalue weighted by atomic mass is 10.2. The van der Waals surface area contributed by atoms with Crippen molar-refractivity contribution in [2.45, 2.75) is 13.1 Å². The number of carbonyl (C=O) groups is 1. The first kappa shape index (κ1) is 16.7. The summed E-state index contributed by atoms with van der Waals surface area (Å²) in [6.07, 6.45) is -0.936. The minimum Gasteiger partial charge on any atom is -0.297 e. The summed E-state index contributed by atoms with van der Waals surface area (Å²) in [6.45, 7) is 1.71. The molecule has 0 fully saturated rings. The number of hydrogen-bond donors (Lipinski definition) is 0. The molecule has 0 radical (unpaired) electrons. The molecule has 0 spiro atoms. The van der Waals surface area contributed by atoms with Gasteiger partial charge in [0.05, 0.1) is 9.95 Å². The lowest BCUT2D eigenvalue weighted by Gasteiger charge is -2.21. The first-order chi connectivity index (χ1) is 12.0. The number of azo groups is 1. The molecule has 1 heterocycles. The second-order valence-electron chi connectivity index (χ2n) is 5.18. The number of anilines is 1. The van der Waals surface area contributed by atoms with Crippen LogP contribution in [0.1, 0.15) is 6.92 Å². The van der Waals surface area contributed by atoms with E-state index in [2.05, 4.69) is 15.2 Å². The van der Waals surface area contributed by atoms with Crippen molar-refractivity contribution in [3.63, 3.8) is 0 Å². The van der Waals surface area contributed by atoms with E-state index in [0.717, 1.165) is 5.69 Å². The van der Waals surface area contributed by atoms with Gasteiger partial charge in [0.1, 0.15) is 11.5 Å². The highest BCUT2D eigenvalue weighted by molar-refractivity contribution is 6.33. The molecule has 3 rings (SSSR count). The second kappa shape index (κ2) is 6.78. The van der Waals surface area contributed by atoms with Crippen LogP contribution in [0.2, 0.25) is 5.02 Å².